The van der Waals surface area contributed by atoms with E-state index < -0.39 is 32.7 Å². The molecule has 0 fully saturated rings. The van der Waals surface area contributed by atoms with Crippen LogP contribution in [0.4, 0.5) is 13.2 Å². The molecule has 0 spiro atoms. The van der Waals surface area contributed by atoms with E-state index in [9.17, 15) is 21.6 Å². The number of rotatable bonds is 5. The fraction of sp³-hybridized carbons (Fsp3) is 0.222. The van der Waals surface area contributed by atoms with Gasteiger partial charge >= 0.3 is 6.18 Å². The third-order valence-electron chi connectivity index (χ3n) is 4.52. The maximum atomic E-state index is 13.0. The Morgan fingerprint density at radius 1 is 1.14 bits per heavy atom. The number of benzene rings is 2. The second-order valence-electron chi connectivity index (χ2n) is 6.27. The molecule has 3 aromatic rings. The summed E-state index contributed by atoms with van der Waals surface area (Å²) in [7, 11) is -2.99. The third kappa shape index (κ3) is 4.29. The maximum absolute atomic E-state index is 13.0. The van der Waals surface area contributed by atoms with Gasteiger partial charge in [-0.25, -0.2) is 18.1 Å². The van der Waals surface area contributed by atoms with E-state index in [1.165, 1.54) is 24.4 Å². The summed E-state index contributed by atoms with van der Waals surface area (Å²) in [6.07, 6.45) is -1.78. The zero-order valence-electron chi connectivity index (χ0n) is 15.3. The van der Waals surface area contributed by atoms with E-state index >= 15 is 0 Å². The minimum Gasteiger partial charge on any atom is -0.223 e. The number of halogens is 4. The van der Waals surface area contributed by atoms with Crippen molar-refractivity contribution in [2.45, 2.75) is 24.0 Å². The Balaban J connectivity index is 1.91. The molecule has 2 aromatic carbocycles. The molecule has 1 aromatic heterocycles. The van der Waals surface area contributed by atoms with Crippen LogP contribution in [0.3, 0.4) is 0 Å². The zero-order chi connectivity index (χ0) is 21.4. The highest BCUT2D eigenvalue weighted by Gasteiger charge is 2.34. The lowest BCUT2D eigenvalue weighted by molar-refractivity contribution is -0.137. The summed E-state index contributed by atoms with van der Waals surface area (Å²) >= 11 is 5.91. The number of alkyl halides is 3. The molecule has 0 bridgehead atoms. The highest BCUT2D eigenvalue weighted by Crippen LogP contribution is 2.35. The Hall–Kier alpha value is -2.43. The Morgan fingerprint density at radius 2 is 1.79 bits per heavy atom. The Morgan fingerprint density at radius 3 is 2.34 bits per heavy atom. The van der Waals surface area contributed by atoms with Gasteiger partial charge in [0.1, 0.15) is 17.6 Å². The second-order valence-corrected chi connectivity index (χ2v) is 8.64. The lowest BCUT2D eigenvalue weighted by Crippen LogP contribution is -2.30. The van der Waals surface area contributed by atoms with Crippen molar-refractivity contribution >= 4 is 21.6 Å². The fourth-order valence-corrected chi connectivity index (χ4v) is 4.55. The normalized spacial score (nSPS) is 13.6. The first-order valence-corrected chi connectivity index (χ1v) is 10.1. The zero-order valence-corrected chi connectivity index (χ0v) is 16.9. The smallest absolute Gasteiger partial charge is 0.223 e. The van der Waals surface area contributed by atoms with Crippen LogP contribution in [0.25, 0.3) is 5.69 Å². The van der Waals surface area contributed by atoms with Crippen molar-refractivity contribution < 1.29 is 21.6 Å². The molecule has 154 valence electrons. The average molecular weight is 445 g/mol. The summed E-state index contributed by atoms with van der Waals surface area (Å²) in [5, 5.41) is 3.73. The molecule has 0 aliphatic carbocycles. The molecule has 1 heterocycles. The molecule has 0 aliphatic heterocycles. The van der Waals surface area contributed by atoms with Crippen molar-refractivity contribution in [2.75, 3.05) is 7.05 Å². The van der Waals surface area contributed by atoms with Gasteiger partial charge in [-0.2, -0.15) is 22.6 Å². The minimum atomic E-state index is -4.68. The summed E-state index contributed by atoms with van der Waals surface area (Å²) in [6.45, 7) is 1.63. The molecule has 0 saturated heterocycles. The van der Waals surface area contributed by atoms with Gasteiger partial charge in [-0.3, -0.25) is 0 Å². The van der Waals surface area contributed by atoms with E-state index in [0.29, 0.717) is 11.6 Å². The van der Waals surface area contributed by atoms with E-state index in [4.69, 9.17) is 11.6 Å². The standard InChI is InChI=1S/C18H16ClF3N4O2S/c1-12(13-3-6-15(7-4-13)26-11-23-10-24-26)25(2)29(27,28)17-9-14(18(20,21)22)5-8-16(17)19/h3-12H,1-2H3/t12-/m0/s1. The Bertz CT molecular complexity index is 1100. The topological polar surface area (TPSA) is 68.1 Å². The van der Waals surface area contributed by atoms with Crippen LogP contribution in [0.15, 0.2) is 60.0 Å². The average Bonchev–Trinajstić information content (AvgIpc) is 3.21. The summed E-state index contributed by atoms with van der Waals surface area (Å²) in [5.74, 6) is 0. The molecule has 0 N–H and O–H groups in total. The Kier molecular flexibility index (Phi) is 5.70. The number of hydrogen-bond donors (Lipinski definition) is 0. The minimum absolute atomic E-state index is 0.279. The van der Waals surface area contributed by atoms with Crippen LogP contribution in [0.2, 0.25) is 5.02 Å². The van der Waals surface area contributed by atoms with Gasteiger partial charge in [-0.15, -0.1) is 0 Å². The maximum Gasteiger partial charge on any atom is 0.416 e. The van der Waals surface area contributed by atoms with E-state index in [1.54, 1.807) is 31.2 Å². The molecule has 0 radical (unpaired) electrons. The predicted molar refractivity (Wildman–Crippen MR) is 101 cm³/mol. The molecule has 6 nitrogen and oxygen atoms in total. The quantitative estimate of drug-likeness (QED) is 0.587. The van der Waals surface area contributed by atoms with Gasteiger partial charge in [0.15, 0.2) is 0 Å². The first-order chi connectivity index (χ1) is 13.5. The fourth-order valence-electron chi connectivity index (χ4n) is 2.70. The number of hydrogen-bond acceptors (Lipinski definition) is 4. The van der Waals surface area contributed by atoms with E-state index in [2.05, 4.69) is 10.1 Å². The van der Waals surface area contributed by atoms with Crippen molar-refractivity contribution in [3.63, 3.8) is 0 Å². The van der Waals surface area contributed by atoms with Gasteiger partial charge in [0, 0.05) is 13.1 Å². The summed E-state index contributed by atoms with van der Waals surface area (Å²) in [4.78, 5) is 3.26. The van der Waals surface area contributed by atoms with Crippen LogP contribution >= 0.6 is 11.6 Å². The van der Waals surface area contributed by atoms with Crippen LogP contribution in [-0.4, -0.2) is 34.5 Å². The molecule has 0 unspecified atom stereocenters. The molecule has 1 atom stereocenters. The largest absolute Gasteiger partial charge is 0.416 e. The van der Waals surface area contributed by atoms with Crippen LogP contribution in [0, 0.1) is 0 Å². The molecule has 3 rings (SSSR count). The van der Waals surface area contributed by atoms with Crippen molar-refractivity contribution in [2.24, 2.45) is 0 Å². The van der Waals surface area contributed by atoms with Gasteiger partial charge in [0.2, 0.25) is 10.0 Å². The second kappa shape index (κ2) is 7.77. The van der Waals surface area contributed by atoms with Gasteiger partial charge in [-0.05, 0) is 42.8 Å². The van der Waals surface area contributed by atoms with Crippen LogP contribution in [-0.2, 0) is 16.2 Å². The molecular formula is C18H16ClF3N4O2S. The molecular weight excluding hydrogens is 429 g/mol. The lowest BCUT2D eigenvalue weighted by Gasteiger charge is -2.25. The summed E-state index contributed by atoms with van der Waals surface area (Å²) in [5.41, 5.74) is 0.284. The molecule has 0 saturated carbocycles. The van der Waals surface area contributed by atoms with Gasteiger partial charge in [-0.1, -0.05) is 23.7 Å². The number of sulfonamides is 1. The monoisotopic (exact) mass is 444 g/mol. The van der Waals surface area contributed by atoms with Gasteiger partial charge in [0.25, 0.3) is 0 Å². The lowest BCUT2D eigenvalue weighted by atomic mass is 10.1. The molecule has 29 heavy (non-hydrogen) atoms. The van der Waals surface area contributed by atoms with E-state index in [0.717, 1.165) is 22.1 Å². The van der Waals surface area contributed by atoms with Gasteiger partial charge in [0.05, 0.1) is 16.3 Å². The van der Waals surface area contributed by atoms with Gasteiger partial charge < -0.3 is 0 Å². The number of aromatic nitrogens is 3. The predicted octanol–water partition coefficient (Wildman–Crippen LogP) is 4.32. The first-order valence-electron chi connectivity index (χ1n) is 8.31. The highest BCUT2D eigenvalue weighted by molar-refractivity contribution is 7.89. The Labute approximate surface area is 170 Å². The van der Waals surface area contributed by atoms with Crippen molar-refractivity contribution in [1.29, 1.82) is 0 Å². The molecule has 0 aliphatic rings. The molecule has 0 amide bonds. The highest BCUT2D eigenvalue weighted by atomic mass is 35.5. The number of nitrogens with zero attached hydrogens (tertiary/aromatic N) is 4. The van der Waals surface area contributed by atoms with Crippen molar-refractivity contribution in [3.05, 3.63) is 71.3 Å². The summed E-state index contributed by atoms with van der Waals surface area (Å²) < 4.78 is 67.4. The third-order valence-corrected chi connectivity index (χ3v) is 6.93. The van der Waals surface area contributed by atoms with E-state index in [-0.39, 0.29) is 5.02 Å². The SMILES string of the molecule is C[C@@H](c1ccc(-n2cncn2)cc1)N(C)S(=O)(=O)c1cc(C(F)(F)F)ccc1Cl. The van der Waals surface area contributed by atoms with Crippen molar-refractivity contribution in [3.8, 4) is 5.69 Å². The molecule has 11 heteroatoms. The summed E-state index contributed by atoms with van der Waals surface area (Å²) in [6, 6.07) is 8.46. The van der Waals surface area contributed by atoms with Crippen LogP contribution < -0.4 is 0 Å². The first kappa shape index (κ1) is 21.3. The van der Waals surface area contributed by atoms with Crippen molar-refractivity contribution in [1.82, 2.24) is 19.1 Å². The van der Waals surface area contributed by atoms with Crippen LogP contribution in [0.1, 0.15) is 24.1 Å². The van der Waals surface area contributed by atoms with E-state index in [1.807, 2.05) is 0 Å². The van der Waals surface area contributed by atoms with Crippen LogP contribution in [0.5, 0.6) is 0 Å².